The van der Waals surface area contributed by atoms with E-state index in [1.165, 1.54) is 19.2 Å². The second kappa shape index (κ2) is 4.50. The summed E-state index contributed by atoms with van der Waals surface area (Å²) in [7, 11) is 1.44. The first-order chi connectivity index (χ1) is 9.63. The molecular weight excluding hydrogens is 262 g/mol. The fourth-order valence-electron chi connectivity index (χ4n) is 2.32. The van der Waals surface area contributed by atoms with Crippen molar-refractivity contribution in [2.24, 2.45) is 0 Å². The molecule has 102 valence electrons. The largest absolute Gasteiger partial charge is 0.493 e. The number of aliphatic hydroxyl groups excluding tert-OH is 1. The van der Waals surface area contributed by atoms with Crippen molar-refractivity contribution in [1.29, 1.82) is 0 Å². The first-order valence-corrected chi connectivity index (χ1v) is 5.93. The van der Waals surface area contributed by atoms with Crippen LogP contribution in [0.4, 0.5) is 5.69 Å². The molecule has 2 aromatic carbocycles. The second-order valence-corrected chi connectivity index (χ2v) is 4.33. The summed E-state index contributed by atoms with van der Waals surface area (Å²) in [5.41, 5.74) is 0.423. The van der Waals surface area contributed by atoms with Crippen LogP contribution in [-0.4, -0.2) is 17.1 Å². The average molecular weight is 273 g/mol. The Morgan fingerprint density at radius 2 is 2.05 bits per heavy atom. The van der Waals surface area contributed by atoms with Gasteiger partial charge in [-0.15, -0.1) is 0 Å². The summed E-state index contributed by atoms with van der Waals surface area (Å²) in [5, 5.41) is 21.6. The maximum atomic E-state index is 11.1. The van der Waals surface area contributed by atoms with E-state index in [2.05, 4.69) is 0 Å². The summed E-state index contributed by atoms with van der Waals surface area (Å²) in [6.07, 6.45) is -1.12. The van der Waals surface area contributed by atoms with Crippen LogP contribution >= 0.6 is 0 Å². The van der Waals surface area contributed by atoms with Gasteiger partial charge in [0, 0.05) is 11.6 Å². The molecule has 1 aliphatic heterocycles. The van der Waals surface area contributed by atoms with Gasteiger partial charge in [-0.25, -0.2) is 0 Å². The number of hydrogen-bond acceptors (Lipinski definition) is 5. The van der Waals surface area contributed by atoms with Gasteiger partial charge in [0.25, 0.3) is 5.69 Å². The monoisotopic (exact) mass is 273 g/mol. The summed E-state index contributed by atoms with van der Waals surface area (Å²) in [5.74, 6) is 0.998. The molecule has 1 unspecified atom stereocenters. The quantitative estimate of drug-likeness (QED) is 0.672. The van der Waals surface area contributed by atoms with Crippen LogP contribution in [0.5, 0.6) is 17.2 Å². The van der Waals surface area contributed by atoms with Gasteiger partial charge in [0.2, 0.25) is 0 Å². The highest BCUT2D eigenvalue weighted by molar-refractivity contribution is 5.64. The maximum Gasteiger partial charge on any atom is 0.279 e. The normalized spacial score (nSPS) is 15.8. The minimum atomic E-state index is -1.12. The summed E-state index contributed by atoms with van der Waals surface area (Å²) < 4.78 is 10.8. The van der Waals surface area contributed by atoms with E-state index >= 15 is 0 Å². The van der Waals surface area contributed by atoms with Crippen LogP contribution in [0.2, 0.25) is 0 Å². The number of hydrogen-bond donors (Lipinski definition) is 1. The van der Waals surface area contributed by atoms with Crippen LogP contribution < -0.4 is 9.47 Å². The maximum absolute atomic E-state index is 11.1. The molecule has 3 rings (SSSR count). The molecule has 1 heterocycles. The molecule has 1 atom stereocenters. The number of para-hydroxylation sites is 1. The molecule has 0 bridgehead atoms. The number of nitrogens with zero attached hydrogens (tertiary/aromatic N) is 1. The third-order valence-corrected chi connectivity index (χ3v) is 3.25. The van der Waals surface area contributed by atoms with Crippen molar-refractivity contribution in [1.82, 2.24) is 0 Å². The standard InChI is InChI=1S/C14H11NO5/c1-19-11-7-6-9(15(17)18)12-13(16)8-4-2-3-5-10(8)20-14(11)12/h2-7,13,16H,1H3. The third-order valence-electron chi connectivity index (χ3n) is 3.25. The van der Waals surface area contributed by atoms with Gasteiger partial charge >= 0.3 is 0 Å². The molecule has 0 saturated heterocycles. The van der Waals surface area contributed by atoms with Crippen molar-refractivity contribution in [3.63, 3.8) is 0 Å². The fourth-order valence-corrected chi connectivity index (χ4v) is 2.32. The second-order valence-electron chi connectivity index (χ2n) is 4.33. The van der Waals surface area contributed by atoms with Gasteiger partial charge in [-0.05, 0) is 12.1 Å². The molecule has 0 radical (unpaired) electrons. The fraction of sp³-hybridized carbons (Fsp3) is 0.143. The minimum Gasteiger partial charge on any atom is -0.493 e. The molecule has 0 fully saturated rings. The minimum absolute atomic E-state index is 0.119. The van der Waals surface area contributed by atoms with Crippen molar-refractivity contribution < 1.29 is 19.5 Å². The number of fused-ring (bicyclic) bond motifs is 2. The number of methoxy groups -OCH3 is 1. The lowest BCUT2D eigenvalue weighted by Crippen LogP contribution is -2.12. The zero-order chi connectivity index (χ0) is 14.3. The Bertz CT molecular complexity index is 698. The highest BCUT2D eigenvalue weighted by Gasteiger charge is 2.34. The zero-order valence-electron chi connectivity index (χ0n) is 10.6. The van der Waals surface area contributed by atoms with Crippen molar-refractivity contribution in [3.05, 3.63) is 57.6 Å². The number of ether oxygens (including phenoxy) is 2. The van der Waals surface area contributed by atoms with Crippen molar-refractivity contribution >= 4 is 5.69 Å². The topological polar surface area (TPSA) is 81.8 Å². The first kappa shape index (κ1) is 12.4. The summed E-state index contributed by atoms with van der Waals surface area (Å²) >= 11 is 0. The van der Waals surface area contributed by atoms with Crippen LogP contribution in [0, 0.1) is 10.1 Å². The lowest BCUT2D eigenvalue weighted by Gasteiger charge is -2.25. The molecule has 0 saturated carbocycles. The van der Waals surface area contributed by atoms with E-state index in [-0.39, 0.29) is 17.0 Å². The van der Waals surface area contributed by atoms with E-state index in [4.69, 9.17) is 9.47 Å². The van der Waals surface area contributed by atoms with Crippen LogP contribution in [0.3, 0.4) is 0 Å². The van der Waals surface area contributed by atoms with Crippen LogP contribution in [0.1, 0.15) is 17.2 Å². The molecule has 20 heavy (non-hydrogen) atoms. The van der Waals surface area contributed by atoms with Crippen molar-refractivity contribution in [2.45, 2.75) is 6.10 Å². The Kier molecular flexibility index (Phi) is 2.80. The van der Waals surface area contributed by atoms with E-state index in [0.717, 1.165) is 0 Å². The van der Waals surface area contributed by atoms with Crippen molar-refractivity contribution in [2.75, 3.05) is 7.11 Å². The Morgan fingerprint density at radius 1 is 1.30 bits per heavy atom. The molecule has 6 nitrogen and oxygen atoms in total. The van der Waals surface area contributed by atoms with Gasteiger partial charge in [-0.2, -0.15) is 0 Å². The van der Waals surface area contributed by atoms with Crippen LogP contribution in [0.15, 0.2) is 36.4 Å². The third kappa shape index (κ3) is 1.70. The highest BCUT2D eigenvalue weighted by Crippen LogP contribution is 2.50. The number of rotatable bonds is 2. The SMILES string of the molecule is COc1ccc([N+](=O)[O-])c2c1Oc1ccccc1C2O. The Balaban J connectivity index is 2.27. The summed E-state index contributed by atoms with van der Waals surface area (Å²) in [4.78, 5) is 10.6. The van der Waals surface area contributed by atoms with Gasteiger partial charge in [0.15, 0.2) is 11.5 Å². The lowest BCUT2D eigenvalue weighted by molar-refractivity contribution is -0.386. The average Bonchev–Trinajstić information content (AvgIpc) is 2.46. The molecule has 1 N–H and O–H groups in total. The molecular formula is C14H11NO5. The van der Waals surface area contributed by atoms with Gasteiger partial charge in [0.1, 0.15) is 17.4 Å². The van der Waals surface area contributed by atoms with E-state index in [0.29, 0.717) is 17.1 Å². The first-order valence-electron chi connectivity index (χ1n) is 5.93. The molecule has 1 aliphatic rings. The van der Waals surface area contributed by atoms with E-state index < -0.39 is 11.0 Å². The van der Waals surface area contributed by atoms with Gasteiger partial charge < -0.3 is 14.6 Å². The van der Waals surface area contributed by atoms with E-state index in [9.17, 15) is 15.2 Å². The van der Waals surface area contributed by atoms with Crippen molar-refractivity contribution in [3.8, 4) is 17.2 Å². The number of benzene rings is 2. The Hall–Kier alpha value is -2.60. The molecule has 0 aliphatic carbocycles. The Morgan fingerprint density at radius 3 is 2.75 bits per heavy atom. The summed E-state index contributed by atoms with van der Waals surface area (Å²) in [6, 6.07) is 9.63. The number of nitro groups is 1. The van der Waals surface area contributed by atoms with Gasteiger partial charge in [-0.1, -0.05) is 18.2 Å². The highest BCUT2D eigenvalue weighted by atomic mass is 16.6. The molecule has 0 amide bonds. The molecule has 0 aromatic heterocycles. The zero-order valence-corrected chi connectivity index (χ0v) is 10.6. The van der Waals surface area contributed by atoms with Gasteiger partial charge in [0.05, 0.1) is 12.0 Å². The predicted octanol–water partition coefficient (Wildman–Crippen LogP) is 2.79. The summed E-state index contributed by atoms with van der Waals surface area (Å²) in [6.45, 7) is 0. The lowest BCUT2D eigenvalue weighted by atomic mass is 9.95. The number of aliphatic hydroxyl groups is 1. The molecule has 2 aromatic rings. The molecule has 0 spiro atoms. The Labute approximate surface area is 114 Å². The van der Waals surface area contributed by atoms with E-state index in [1.54, 1.807) is 24.3 Å². The van der Waals surface area contributed by atoms with Gasteiger partial charge in [-0.3, -0.25) is 10.1 Å². The smallest absolute Gasteiger partial charge is 0.279 e. The number of nitro benzene ring substituents is 1. The predicted molar refractivity (Wildman–Crippen MR) is 70.2 cm³/mol. The molecule has 6 heteroatoms. The van der Waals surface area contributed by atoms with Crippen LogP contribution in [0.25, 0.3) is 0 Å². The van der Waals surface area contributed by atoms with E-state index in [1.807, 2.05) is 0 Å². The van der Waals surface area contributed by atoms with Crippen LogP contribution in [-0.2, 0) is 0 Å².